The fourth-order valence-electron chi connectivity index (χ4n) is 4.01. The maximum atomic E-state index is 13.0. The lowest BCUT2D eigenvalue weighted by atomic mass is 9.85. The van der Waals surface area contributed by atoms with Crippen molar-refractivity contribution in [1.82, 2.24) is 15.5 Å². The maximum absolute atomic E-state index is 13.0. The number of aromatic nitrogens is 2. The molecule has 1 aliphatic heterocycles. The lowest BCUT2D eigenvalue weighted by Crippen LogP contribution is -2.29. The second-order valence-corrected chi connectivity index (χ2v) is 8.05. The predicted octanol–water partition coefficient (Wildman–Crippen LogP) is 5.55. The van der Waals surface area contributed by atoms with E-state index in [0.717, 1.165) is 33.8 Å². The summed E-state index contributed by atoms with van der Waals surface area (Å²) in [6, 6.07) is 23.2. The minimum Gasteiger partial charge on any atom is -0.457 e. The van der Waals surface area contributed by atoms with Crippen molar-refractivity contribution in [2.45, 2.75) is 32.2 Å². The fraction of sp³-hybridized carbons (Fsp3) is 0.192. The van der Waals surface area contributed by atoms with Gasteiger partial charge in [-0.05, 0) is 26.0 Å². The molecule has 0 spiro atoms. The zero-order valence-electron chi connectivity index (χ0n) is 17.9. The van der Waals surface area contributed by atoms with Crippen LogP contribution in [0.5, 0.6) is 11.5 Å². The Balaban J connectivity index is 1.32. The number of aryl methyl sites for hydroxylation is 1. The van der Waals surface area contributed by atoms with E-state index in [-0.39, 0.29) is 11.8 Å². The van der Waals surface area contributed by atoms with Gasteiger partial charge in [0.05, 0.1) is 0 Å². The first-order chi connectivity index (χ1) is 15.6. The quantitative estimate of drug-likeness (QED) is 0.454. The summed E-state index contributed by atoms with van der Waals surface area (Å²) in [6.07, 6.45) is 0.292. The molecule has 5 rings (SSSR count). The fourth-order valence-corrected chi connectivity index (χ4v) is 4.01. The topological polar surface area (TPSA) is 77.2 Å². The number of hydrogen-bond acceptors (Lipinski definition) is 5. The molecular weight excluding hydrogens is 402 g/mol. The van der Waals surface area contributed by atoms with Gasteiger partial charge in [0.25, 0.3) is 0 Å². The van der Waals surface area contributed by atoms with Crippen LogP contribution in [0.4, 0.5) is 0 Å². The van der Waals surface area contributed by atoms with Crippen LogP contribution < -0.4 is 10.1 Å². The van der Waals surface area contributed by atoms with E-state index in [4.69, 9.17) is 9.26 Å². The Morgan fingerprint density at radius 1 is 0.969 bits per heavy atom. The van der Waals surface area contributed by atoms with Gasteiger partial charge >= 0.3 is 0 Å². The summed E-state index contributed by atoms with van der Waals surface area (Å²) in [5, 5.41) is 7.07. The van der Waals surface area contributed by atoms with E-state index >= 15 is 0 Å². The molecule has 2 heterocycles. The number of ether oxygens (including phenoxy) is 1. The molecule has 1 aliphatic rings. The third-order valence-corrected chi connectivity index (χ3v) is 5.70. The number of hydrogen-bond donors (Lipinski definition) is 1. The van der Waals surface area contributed by atoms with E-state index in [1.165, 1.54) is 0 Å². The molecule has 160 valence electrons. The average Bonchev–Trinajstić information content (AvgIpc) is 3.30. The highest BCUT2D eigenvalue weighted by Gasteiger charge is 2.29. The van der Waals surface area contributed by atoms with E-state index in [1.807, 2.05) is 86.6 Å². The van der Waals surface area contributed by atoms with E-state index in [0.29, 0.717) is 18.1 Å². The van der Waals surface area contributed by atoms with Gasteiger partial charge in [-0.2, -0.15) is 4.98 Å². The minimum atomic E-state index is -0.403. The molecule has 6 heteroatoms. The molecule has 1 aromatic heterocycles. The highest BCUT2D eigenvalue weighted by molar-refractivity contribution is 5.78. The van der Waals surface area contributed by atoms with Crippen LogP contribution in [0.15, 0.2) is 77.3 Å². The summed E-state index contributed by atoms with van der Waals surface area (Å²) < 4.78 is 11.4. The van der Waals surface area contributed by atoms with Gasteiger partial charge in [0.1, 0.15) is 17.5 Å². The van der Waals surface area contributed by atoms with Crippen LogP contribution >= 0.6 is 0 Å². The van der Waals surface area contributed by atoms with Gasteiger partial charge < -0.3 is 14.6 Å². The average molecular weight is 425 g/mol. The van der Waals surface area contributed by atoms with Gasteiger partial charge in [-0.3, -0.25) is 4.79 Å². The Morgan fingerprint density at radius 2 is 1.59 bits per heavy atom. The minimum absolute atomic E-state index is 0.0887. The van der Waals surface area contributed by atoms with E-state index in [9.17, 15) is 4.79 Å². The molecule has 0 fully saturated rings. The second-order valence-electron chi connectivity index (χ2n) is 8.05. The zero-order chi connectivity index (χ0) is 22.1. The summed E-state index contributed by atoms with van der Waals surface area (Å²) in [5.41, 5.74) is 4.05. The Morgan fingerprint density at radius 3 is 2.25 bits per heavy atom. The first-order valence-electron chi connectivity index (χ1n) is 10.6. The highest BCUT2D eigenvalue weighted by Crippen LogP contribution is 2.45. The monoisotopic (exact) mass is 425 g/mol. The van der Waals surface area contributed by atoms with Crippen molar-refractivity contribution in [3.63, 3.8) is 0 Å². The summed E-state index contributed by atoms with van der Waals surface area (Å²) in [7, 11) is 0. The number of rotatable bonds is 5. The number of nitrogens with one attached hydrogen (secondary N) is 1. The Hall–Kier alpha value is -3.93. The molecule has 1 amide bonds. The molecular formula is C26H23N3O3. The smallest absolute Gasteiger partial charge is 0.249 e. The number of carbonyl (C=O) groups excluding carboxylic acids is 1. The van der Waals surface area contributed by atoms with Crippen molar-refractivity contribution in [2.75, 3.05) is 0 Å². The van der Waals surface area contributed by atoms with Crippen molar-refractivity contribution in [3.05, 3.63) is 95.4 Å². The van der Waals surface area contributed by atoms with Crippen LogP contribution in [0.2, 0.25) is 0 Å². The van der Waals surface area contributed by atoms with Crippen molar-refractivity contribution in [2.24, 2.45) is 0 Å². The van der Waals surface area contributed by atoms with Crippen LogP contribution in [0.1, 0.15) is 47.9 Å². The van der Waals surface area contributed by atoms with E-state index in [1.54, 1.807) is 0 Å². The number of fused-ring (bicyclic) bond motifs is 2. The molecule has 0 aliphatic carbocycles. The molecule has 1 atom stereocenters. The second kappa shape index (κ2) is 8.30. The number of amides is 1. The van der Waals surface area contributed by atoms with Gasteiger partial charge in [0.2, 0.25) is 17.6 Å². The van der Waals surface area contributed by atoms with Gasteiger partial charge in [0, 0.05) is 29.0 Å². The normalized spacial score (nSPS) is 13.6. The maximum Gasteiger partial charge on any atom is 0.249 e. The Bertz CT molecular complexity index is 1220. The standard InChI is InChI=1S/C26H23N3O3/c1-16-11-13-18(14-12-16)25-28-26(32-29-25)17(2)27-24(30)15-21-19-7-3-5-9-22(19)31-23-10-6-4-8-20(21)23/h3-14,17,21H,15H2,1-2H3,(H,27,30)/t17-/m0/s1. The predicted molar refractivity (Wildman–Crippen MR) is 120 cm³/mol. The summed E-state index contributed by atoms with van der Waals surface area (Å²) in [4.78, 5) is 17.5. The van der Waals surface area contributed by atoms with Gasteiger partial charge in [-0.25, -0.2) is 0 Å². The van der Waals surface area contributed by atoms with E-state index < -0.39 is 6.04 Å². The van der Waals surface area contributed by atoms with Crippen molar-refractivity contribution < 1.29 is 14.1 Å². The first-order valence-corrected chi connectivity index (χ1v) is 10.6. The van der Waals surface area contributed by atoms with Crippen molar-refractivity contribution in [1.29, 1.82) is 0 Å². The SMILES string of the molecule is Cc1ccc(-c2noc([C@H](C)NC(=O)CC3c4ccccc4Oc4ccccc43)n2)cc1. The third-order valence-electron chi connectivity index (χ3n) is 5.70. The largest absolute Gasteiger partial charge is 0.457 e. The van der Waals surface area contributed by atoms with Crippen LogP contribution in [-0.2, 0) is 4.79 Å². The molecule has 0 radical (unpaired) electrons. The van der Waals surface area contributed by atoms with Crippen LogP contribution in [0, 0.1) is 6.92 Å². The van der Waals surface area contributed by atoms with Crippen molar-refractivity contribution in [3.8, 4) is 22.9 Å². The third kappa shape index (κ3) is 3.87. The molecule has 4 aromatic rings. The summed E-state index contributed by atoms with van der Waals surface area (Å²) >= 11 is 0. The molecule has 0 unspecified atom stereocenters. The van der Waals surface area contributed by atoms with E-state index in [2.05, 4.69) is 15.5 Å². The molecule has 1 N–H and O–H groups in total. The summed E-state index contributed by atoms with van der Waals surface area (Å²) in [6.45, 7) is 3.87. The van der Waals surface area contributed by atoms with Crippen LogP contribution in [0.3, 0.4) is 0 Å². The molecule has 3 aromatic carbocycles. The zero-order valence-corrected chi connectivity index (χ0v) is 17.9. The molecule has 6 nitrogen and oxygen atoms in total. The molecule has 0 saturated carbocycles. The molecule has 0 saturated heterocycles. The molecule has 32 heavy (non-hydrogen) atoms. The lowest BCUT2D eigenvalue weighted by Gasteiger charge is -2.28. The number of nitrogens with zero attached hydrogens (tertiary/aromatic N) is 2. The lowest BCUT2D eigenvalue weighted by molar-refractivity contribution is -0.122. The highest BCUT2D eigenvalue weighted by atomic mass is 16.5. The number of carbonyl (C=O) groups is 1. The Kier molecular flexibility index (Phi) is 5.19. The van der Waals surface area contributed by atoms with Gasteiger partial charge in [0.15, 0.2) is 0 Å². The number of para-hydroxylation sites is 2. The van der Waals surface area contributed by atoms with Crippen molar-refractivity contribution >= 4 is 5.91 Å². The number of benzene rings is 3. The first kappa shape index (κ1) is 20.0. The van der Waals surface area contributed by atoms with Crippen LogP contribution in [-0.4, -0.2) is 16.0 Å². The van der Waals surface area contributed by atoms with Gasteiger partial charge in [-0.1, -0.05) is 71.4 Å². The summed E-state index contributed by atoms with van der Waals surface area (Å²) in [5.74, 6) is 2.28. The Labute approximate surface area is 186 Å². The van der Waals surface area contributed by atoms with Crippen LogP contribution in [0.25, 0.3) is 11.4 Å². The van der Waals surface area contributed by atoms with Gasteiger partial charge in [-0.15, -0.1) is 0 Å². The molecule has 0 bridgehead atoms.